The Morgan fingerprint density at radius 1 is 1.08 bits per heavy atom. The first kappa shape index (κ1) is 17.0. The van der Waals surface area contributed by atoms with E-state index in [1.54, 1.807) is 0 Å². The van der Waals surface area contributed by atoms with Gasteiger partial charge in [0.15, 0.2) is 0 Å². The first-order chi connectivity index (χ1) is 11.7. The highest BCUT2D eigenvalue weighted by Crippen LogP contribution is 2.28. The predicted molar refractivity (Wildman–Crippen MR) is 98.0 cm³/mol. The van der Waals surface area contributed by atoms with Crippen LogP contribution in [0.4, 0.5) is 0 Å². The minimum atomic E-state index is -0.259. The van der Waals surface area contributed by atoms with Gasteiger partial charge in [-0.3, -0.25) is 9.69 Å². The summed E-state index contributed by atoms with van der Waals surface area (Å²) in [5, 5.41) is 0. The van der Waals surface area contributed by atoms with Crippen molar-refractivity contribution in [3.8, 4) is 0 Å². The van der Waals surface area contributed by atoms with E-state index in [0.717, 1.165) is 31.9 Å². The second-order valence-electron chi connectivity index (χ2n) is 6.81. The molecule has 1 aliphatic carbocycles. The minimum absolute atomic E-state index is 0.202. The molecule has 1 saturated carbocycles. The van der Waals surface area contributed by atoms with Gasteiger partial charge in [-0.1, -0.05) is 49.6 Å². The average molecular weight is 327 g/mol. The van der Waals surface area contributed by atoms with Gasteiger partial charge < -0.3 is 4.90 Å². The van der Waals surface area contributed by atoms with E-state index in [-0.39, 0.29) is 11.9 Å². The number of aliphatic imine (C=N–C) groups is 1. The summed E-state index contributed by atoms with van der Waals surface area (Å²) in [5.74, 6) is 1.12. The van der Waals surface area contributed by atoms with E-state index in [9.17, 15) is 4.79 Å². The molecule has 4 nitrogen and oxygen atoms in total. The maximum Gasteiger partial charge on any atom is 0.254 e. The van der Waals surface area contributed by atoms with Crippen molar-refractivity contribution in [1.29, 1.82) is 0 Å². The standard InChI is InChI=1S/C20H29N3O/c1-3-22(4-2)20-21-18(15-16-11-7-5-8-12-16)19(24)23(20)17-13-9-6-10-14-17/h5,7-8,11-12,17-18H,3-4,6,9-10,13-15H2,1-2H3. The van der Waals surface area contributed by atoms with Crippen molar-refractivity contribution in [2.75, 3.05) is 13.1 Å². The average Bonchev–Trinajstić information content (AvgIpc) is 2.94. The summed E-state index contributed by atoms with van der Waals surface area (Å²) in [6, 6.07) is 10.3. The number of carbonyl (C=O) groups is 1. The number of carbonyl (C=O) groups excluding carboxylic acids is 1. The van der Waals surface area contributed by atoms with Crippen molar-refractivity contribution in [2.45, 2.75) is 64.5 Å². The lowest BCUT2D eigenvalue weighted by molar-refractivity contribution is -0.129. The molecule has 1 aliphatic heterocycles. The van der Waals surface area contributed by atoms with E-state index < -0.39 is 0 Å². The lowest BCUT2D eigenvalue weighted by Crippen LogP contribution is -2.50. The topological polar surface area (TPSA) is 35.9 Å². The van der Waals surface area contributed by atoms with Crippen molar-refractivity contribution in [1.82, 2.24) is 9.80 Å². The molecule has 0 saturated heterocycles. The van der Waals surface area contributed by atoms with E-state index in [0.29, 0.717) is 12.5 Å². The van der Waals surface area contributed by atoms with Crippen LogP contribution in [0.1, 0.15) is 51.5 Å². The van der Waals surface area contributed by atoms with Crippen LogP contribution in [0, 0.1) is 0 Å². The molecule has 1 aromatic rings. The van der Waals surface area contributed by atoms with Crippen LogP contribution in [-0.4, -0.2) is 46.8 Å². The third-order valence-electron chi connectivity index (χ3n) is 5.27. The fraction of sp³-hybridized carbons (Fsp3) is 0.600. The summed E-state index contributed by atoms with van der Waals surface area (Å²) in [5.41, 5.74) is 1.18. The van der Waals surface area contributed by atoms with Gasteiger partial charge in [0.25, 0.3) is 5.91 Å². The molecule has 1 amide bonds. The number of amides is 1. The SMILES string of the molecule is CCN(CC)C1=NC(Cc2ccccc2)C(=O)N1C1CCCCC1. The second-order valence-corrected chi connectivity index (χ2v) is 6.81. The Hall–Kier alpha value is -1.84. The number of hydrogen-bond acceptors (Lipinski definition) is 3. The molecule has 24 heavy (non-hydrogen) atoms. The third-order valence-corrected chi connectivity index (χ3v) is 5.27. The van der Waals surface area contributed by atoms with Crippen molar-refractivity contribution < 1.29 is 4.79 Å². The maximum atomic E-state index is 13.1. The Kier molecular flexibility index (Phi) is 5.54. The largest absolute Gasteiger partial charge is 0.343 e. The Balaban J connectivity index is 1.84. The fourth-order valence-electron chi connectivity index (χ4n) is 3.91. The zero-order valence-electron chi connectivity index (χ0n) is 14.9. The lowest BCUT2D eigenvalue weighted by Gasteiger charge is -2.35. The smallest absolute Gasteiger partial charge is 0.254 e. The quantitative estimate of drug-likeness (QED) is 0.830. The molecule has 0 bridgehead atoms. The Morgan fingerprint density at radius 3 is 2.38 bits per heavy atom. The van der Waals surface area contributed by atoms with Crippen molar-refractivity contribution >= 4 is 11.9 Å². The van der Waals surface area contributed by atoms with Crippen LogP contribution in [-0.2, 0) is 11.2 Å². The molecule has 1 atom stereocenters. The first-order valence-electron chi connectivity index (χ1n) is 9.44. The Labute approximate surface area is 145 Å². The van der Waals surface area contributed by atoms with Gasteiger partial charge in [-0.15, -0.1) is 0 Å². The molecule has 2 aliphatic rings. The van der Waals surface area contributed by atoms with Crippen molar-refractivity contribution in [3.05, 3.63) is 35.9 Å². The predicted octanol–water partition coefficient (Wildman–Crippen LogP) is 3.47. The van der Waals surface area contributed by atoms with Crippen LogP contribution in [0.25, 0.3) is 0 Å². The molecule has 1 fully saturated rings. The van der Waals surface area contributed by atoms with Gasteiger partial charge in [-0.05, 0) is 32.3 Å². The van der Waals surface area contributed by atoms with Crippen molar-refractivity contribution in [2.24, 2.45) is 4.99 Å². The maximum absolute atomic E-state index is 13.1. The molecule has 1 unspecified atom stereocenters. The Morgan fingerprint density at radius 2 is 1.75 bits per heavy atom. The van der Waals surface area contributed by atoms with Crippen LogP contribution in [0.15, 0.2) is 35.3 Å². The Bertz CT molecular complexity index is 574. The molecule has 4 heteroatoms. The summed E-state index contributed by atoms with van der Waals surface area (Å²) in [6.07, 6.45) is 6.68. The number of benzene rings is 1. The third kappa shape index (κ3) is 3.47. The van der Waals surface area contributed by atoms with Gasteiger partial charge >= 0.3 is 0 Å². The van der Waals surface area contributed by atoms with E-state index in [1.165, 1.54) is 24.8 Å². The number of guanidine groups is 1. The summed E-state index contributed by atoms with van der Waals surface area (Å²) >= 11 is 0. The van der Waals surface area contributed by atoms with Crippen molar-refractivity contribution in [3.63, 3.8) is 0 Å². The monoisotopic (exact) mass is 327 g/mol. The molecule has 0 spiro atoms. The molecule has 1 aromatic carbocycles. The molecular formula is C20H29N3O. The van der Waals surface area contributed by atoms with Gasteiger partial charge in [-0.25, -0.2) is 4.99 Å². The first-order valence-corrected chi connectivity index (χ1v) is 9.44. The normalized spacial score (nSPS) is 21.9. The van der Waals surface area contributed by atoms with E-state index in [2.05, 4.69) is 30.9 Å². The van der Waals surface area contributed by atoms with Crippen LogP contribution >= 0.6 is 0 Å². The molecule has 130 valence electrons. The molecule has 0 aromatic heterocycles. The molecule has 0 N–H and O–H groups in total. The van der Waals surface area contributed by atoms with Gasteiger partial charge in [0.2, 0.25) is 5.96 Å². The van der Waals surface area contributed by atoms with E-state index >= 15 is 0 Å². The molecule has 0 radical (unpaired) electrons. The molecular weight excluding hydrogens is 298 g/mol. The van der Waals surface area contributed by atoms with E-state index in [1.807, 2.05) is 23.1 Å². The van der Waals surface area contributed by atoms with Crippen LogP contribution in [0.3, 0.4) is 0 Å². The minimum Gasteiger partial charge on any atom is -0.343 e. The zero-order valence-corrected chi connectivity index (χ0v) is 14.9. The summed E-state index contributed by atoms with van der Waals surface area (Å²) < 4.78 is 0. The van der Waals surface area contributed by atoms with E-state index in [4.69, 9.17) is 4.99 Å². The summed E-state index contributed by atoms with van der Waals surface area (Å²) in [7, 11) is 0. The van der Waals surface area contributed by atoms with Gasteiger partial charge in [0, 0.05) is 25.6 Å². The molecule has 3 rings (SSSR count). The van der Waals surface area contributed by atoms with Gasteiger partial charge in [-0.2, -0.15) is 0 Å². The number of rotatable bonds is 5. The van der Waals surface area contributed by atoms with Crippen LogP contribution < -0.4 is 0 Å². The second kappa shape index (κ2) is 7.82. The fourth-order valence-corrected chi connectivity index (χ4v) is 3.91. The number of hydrogen-bond donors (Lipinski definition) is 0. The highest BCUT2D eigenvalue weighted by molar-refractivity contribution is 6.05. The summed E-state index contributed by atoms with van der Waals surface area (Å²) in [6.45, 7) is 6.06. The lowest BCUT2D eigenvalue weighted by atomic mass is 9.94. The highest BCUT2D eigenvalue weighted by Gasteiger charge is 2.40. The highest BCUT2D eigenvalue weighted by atomic mass is 16.2. The zero-order chi connectivity index (χ0) is 16.9. The van der Waals surface area contributed by atoms with Crippen LogP contribution in [0.2, 0.25) is 0 Å². The number of nitrogens with zero attached hydrogens (tertiary/aromatic N) is 3. The summed E-state index contributed by atoms with van der Waals surface area (Å²) in [4.78, 5) is 22.3. The molecule has 1 heterocycles. The van der Waals surface area contributed by atoms with Crippen LogP contribution in [0.5, 0.6) is 0 Å². The van der Waals surface area contributed by atoms with Gasteiger partial charge in [0.05, 0.1) is 0 Å². The van der Waals surface area contributed by atoms with Gasteiger partial charge in [0.1, 0.15) is 6.04 Å².